The fourth-order valence-corrected chi connectivity index (χ4v) is 4.71. The molecule has 1 aromatic heterocycles. The van der Waals surface area contributed by atoms with Crippen molar-refractivity contribution in [3.63, 3.8) is 0 Å². The molecule has 16 heteroatoms. The van der Waals surface area contributed by atoms with Crippen LogP contribution in [0.25, 0.3) is 10.9 Å². The Balaban J connectivity index is 0.000000646. The van der Waals surface area contributed by atoms with Gasteiger partial charge in [0.05, 0.1) is 30.2 Å². The van der Waals surface area contributed by atoms with Gasteiger partial charge in [-0.05, 0) is 37.2 Å². The van der Waals surface area contributed by atoms with Gasteiger partial charge in [-0.15, -0.1) is 0 Å². The van der Waals surface area contributed by atoms with Crippen molar-refractivity contribution in [2.45, 2.75) is 31.0 Å². The van der Waals surface area contributed by atoms with Gasteiger partial charge >= 0.3 is 12.1 Å². The number of benzene rings is 1. The molecule has 4 rings (SSSR count). The molecule has 2 fully saturated rings. The van der Waals surface area contributed by atoms with Crippen LogP contribution in [0, 0.1) is 11.3 Å². The average molecular weight is 614 g/mol. The standard InChI is InChI=1S/C25H31F2N7O2.C2HF3O2/c1-32(9-2-10-33-11-7-29-8-12-33)18-3-4-22-21(13-18)20(5-6-30-22)24(36)31-16-23(35)34-17-25(26,27)14-19(34)15-28;3-2(4,5)1(6)7/h3-6,13,19,29H,2,7-12,14,16-17H2,1H3,(H,31,36);(H,6,7)/t19-;/m0./s1. The summed E-state index contributed by atoms with van der Waals surface area (Å²) >= 11 is 0. The smallest absolute Gasteiger partial charge is 0.475 e. The molecule has 2 saturated heterocycles. The van der Waals surface area contributed by atoms with Crippen molar-refractivity contribution in [1.82, 2.24) is 25.4 Å². The Bertz CT molecular complexity index is 1350. The van der Waals surface area contributed by atoms with E-state index in [1.807, 2.05) is 25.2 Å². The Morgan fingerprint density at radius 2 is 1.91 bits per heavy atom. The Hall–Kier alpha value is -4.10. The van der Waals surface area contributed by atoms with E-state index in [2.05, 4.69) is 25.4 Å². The monoisotopic (exact) mass is 613 g/mol. The van der Waals surface area contributed by atoms with Crippen LogP contribution < -0.4 is 15.5 Å². The fraction of sp³-hybridized carbons (Fsp3) is 0.519. The summed E-state index contributed by atoms with van der Waals surface area (Å²) in [6, 6.07) is 7.82. The number of carboxylic acids is 1. The van der Waals surface area contributed by atoms with Gasteiger partial charge < -0.3 is 30.4 Å². The van der Waals surface area contributed by atoms with Gasteiger partial charge in [0.2, 0.25) is 5.91 Å². The molecule has 0 bridgehead atoms. The minimum absolute atomic E-state index is 0.340. The molecule has 2 aromatic rings. The molecule has 0 unspecified atom stereocenters. The number of alkyl halides is 5. The number of carboxylic acid groups (broad SMARTS) is 1. The first-order chi connectivity index (χ1) is 20.2. The molecule has 1 aromatic carbocycles. The lowest BCUT2D eigenvalue weighted by Gasteiger charge is -2.28. The van der Waals surface area contributed by atoms with Gasteiger partial charge in [-0.25, -0.2) is 13.6 Å². The first-order valence-corrected chi connectivity index (χ1v) is 13.4. The Morgan fingerprint density at radius 1 is 1.23 bits per heavy atom. The van der Waals surface area contributed by atoms with Crippen LogP contribution in [0.15, 0.2) is 30.5 Å². The Kier molecular flexibility index (Phi) is 11.2. The van der Waals surface area contributed by atoms with Crippen molar-refractivity contribution in [2.24, 2.45) is 0 Å². The third kappa shape index (κ3) is 9.45. The largest absolute Gasteiger partial charge is 0.490 e. The van der Waals surface area contributed by atoms with Crippen LogP contribution in [0.2, 0.25) is 0 Å². The van der Waals surface area contributed by atoms with Crippen molar-refractivity contribution >= 4 is 34.4 Å². The zero-order valence-corrected chi connectivity index (χ0v) is 23.3. The topological polar surface area (TPSA) is 142 Å². The summed E-state index contributed by atoms with van der Waals surface area (Å²) in [5.74, 6) is -7.08. The highest BCUT2D eigenvalue weighted by Gasteiger charge is 2.47. The van der Waals surface area contributed by atoms with E-state index in [0.717, 1.165) is 56.3 Å². The molecule has 0 saturated carbocycles. The highest BCUT2D eigenvalue weighted by molar-refractivity contribution is 6.07. The summed E-state index contributed by atoms with van der Waals surface area (Å²) in [5.41, 5.74) is 1.92. The molecule has 0 radical (unpaired) electrons. The predicted octanol–water partition coefficient (Wildman–Crippen LogP) is 2.09. The molecule has 2 amide bonds. The number of nitrogens with zero attached hydrogens (tertiary/aromatic N) is 5. The SMILES string of the molecule is CN(CCCN1CCNCC1)c1ccc2nccc(C(=O)NCC(=O)N3CC(F)(F)C[C@H]3C#N)c2c1.O=C(O)C(F)(F)F. The quantitative estimate of drug-likeness (QED) is 0.382. The van der Waals surface area contributed by atoms with Crippen molar-refractivity contribution in [3.8, 4) is 6.07 Å². The lowest BCUT2D eigenvalue weighted by Crippen LogP contribution is -2.44. The summed E-state index contributed by atoms with van der Waals surface area (Å²) in [6.07, 6.45) is -3.25. The number of carbonyl (C=O) groups excluding carboxylic acids is 2. The van der Waals surface area contributed by atoms with Crippen molar-refractivity contribution in [2.75, 3.05) is 64.3 Å². The molecule has 234 valence electrons. The number of piperazine rings is 1. The van der Waals surface area contributed by atoms with E-state index in [0.29, 0.717) is 16.5 Å². The Labute approximate surface area is 244 Å². The number of aliphatic carboxylic acids is 1. The molecule has 1 atom stereocenters. The van der Waals surface area contributed by atoms with Crippen LogP contribution in [0.4, 0.5) is 27.6 Å². The molecule has 3 N–H and O–H groups in total. The van der Waals surface area contributed by atoms with E-state index in [1.165, 1.54) is 6.20 Å². The molecule has 2 aliphatic heterocycles. The maximum absolute atomic E-state index is 13.7. The number of nitriles is 1. The Morgan fingerprint density at radius 3 is 2.53 bits per heavy atom. The number of amides is 2. The molecular formula is C27H32F5N7O4. The summed E-state index contributed by atoms with van der Waals surface area (Å²) < 4.78 is 59.1. The second kappa shape index (κ2) is 14.4. The number of pyridine rings is 1. The summed E-state index contributed by atoms with van der Waals surface area (Å²) in [4.78, 5) is 44.0. The van der Waals surface area contributed by atoms with E-state index in [4.69, 9.17) is 15.2 Å². The first-order valence-electron chi connectivity index (χ1n) is 13.4. The predicted molar refractivity (Wildman–Crippen MR) is 146 cm³/mol. The maximum Gasteiger partial charge on any atom is 0.490 e. The number of hydrogen-bond acceptors (Lipinski definition) is 8. The van der Waals surface area contributed by atoms with Gasteiger partial charge in [-0.2, -0.15) is 18.4 Å². The van der Waals surface area contributed by atoms with E-state index in [9.17, 15) is 31.5 Å². The number of aromatic nitrogens is 1. The molecule has 43 heavy (non-hydrogen) atoms. The zero-order valence-electron chi connectivity index (χ0n) is 23.3. The first kappa shape index (κ1) is 33.4. The molecular weight excluding hydrogens is 581 g/mol. The molecule has 0 spiro atoms. The van der Waals surface area contributed by atoms with Gasteiger partial charge in [0.1, 0.15) is 6.04 Å². The fourth-order valence-electron chi connectivity index (χ4n) is 4.71. The summed E-state index contributed by atoms with van der Waals surface area (Å²) in [7, 11) is 2.01. The van der Waals surface area contributed by atoms with Crippen molar-refractivity contribution < 1.29 is 41.4 Å². The summed E-state index contributed by atoms with van der Waals surface area (Å²) in [5, 5.41) is 22.7. The second-order valence-corrected chi connectivity index (χ2v) is 10.1. The number of anilines is 1. The highest BCUT2D eigenvalue weighted by atomic mass is 19.4. The third-order valence-corrected chi connectivity index (χ3v) is 6.97. The number of halogens is 5. The molecule has 11 nitrogen and oxygen atoms in total. The zero-order chi connectivity index (χ0) is 31.8. The second-order valence-electron chi connectivity index (χ2n) is 10.1. The summed E-state index contributed by atoms with van der Waals surface area (Å²) in [6.45, 7) is 4.75. The number of fused-ring (bicyclic) bond motifs is 1. The minimum atomic E-state index is -5.08. The van der Waals surface area contributed by atoms with Gasteiger partial charge in [0.15, 0.2) is 0 Å². The average Bonchev–Trinajstić information content (AvgIpc) is 3.30. The van der Waals surface area contributed by atoms with E-state index in [1.54, 1.807) is 12.1 Å². The van der Waals surface area contributed by atoms with Crippen LogP contribution in [0.3, 0.4) is 0 Å². The number of rotatable bonds is 8. The number of likely N-dealkylation sites (tertiary alicyclic amines) is 1. The normalized spacial score (nSPS) is 18.3. The van der Waals surface area contributed by atoms with Gasteiger partial charge in [-0.1, -0.05) is 0 Å². The van der Waals surface area contributed by atoms with Crippen molar-refractivity contribution in [1.29, 1.82) is 5.26 Å². The van der Waals surface area contributed by atoms with Crippen LogP contribution in [0.1, 0.15) is 23.2 Å². The van der Waals surface area contributed by atoms with Crippen LogP contribution >= 0.6 is 0 Å². The van der Waals surface area contributed by atoms with E-state index in [-0.39, 0.29) is 0 Å². The lowest BCUT2D eigenvalue weighted by molar-refractivity contribution is -0.192. The van der Waals surface area contributed by atoms with E-state index < -0.39 is 55.4 Å². The van der Waals surface area contributed by atoms with Crippen LogP contribution in [0.5, 0.6) is 0 Å². The van der Waals surface area contributed by atoms with Crippen LogP contribution in [-0.2, 0) is 9.59 Å². The van der Waals surface area contributed by atoms with Gasteiger partial charge in [0, 0.05) is 63.5 Å². The van der Waals surface area contributed by atoms with E-state index >= 15 is 0 Å². The molecule has 3 heterocycles. The highest BCUT2D eigenvalue weighted by Crippen LogP contribution is 2.31. The lowest BCUT2D eigenvalue weighted by atomic mass is 10.1. The number of carbonyl (C=O) groups is 3. The van der Waals surface area contributed by atoms with Gasteiger partial charge in [-0.3, -0.25) is 14.6 Å². The maximum atomic E-state index is 13.7. The van der Waals surface area contributed by atoms with Crippen LogP contribution in [-0.4, -0.2) is 115 Å². The molecule has 0 aliphatic carbocycles. The number of hydrogen-bond donors (Lipinski definition) is 3. The molecule has 2 aliphatic rings. The van der Waals surface area contributed by atoms with Gasteiger partial charge in [0.25, 0.3) is 11.8 Å². The van der Waals surface area contributed by atoms with Crippen molar-refractivity contribution in [3.05, 3.63) is 36.0 Å². The minimum Gasteiger partial charge on any atom is -0.475 e. The third-order valence-electron chi connectivity index (χ3n) is 6.97. The number of nitrogens with one attached hydrogen (secondary N) is 2.